The summed E-state index contributed by atoms with van der Waals surface area (Å²) in [4.78, 5) is 28.6. The van der Waals surface area contributed by atoms with Crippen LogP contribution in [-0.2, 0) is 27.1 Å². The van der Waals surface area contributed by atoms with E-state index in [1.165, 1.54) is 17.2 Å². The van der Waals surface area contributed by atoms with Crippen molar-refractivity contribution in [3.8, 4) is 0 Å². The zero-order valence-corrected chi connectivity index (χ0v) is 15.8. The fourth-order valence-electron chi connectivity index (χ4n) is 3.04. The van der Waals surface area contributed by atoms with Gasteiger partial charge in [0.25, 0.3) is 5.56 Å². The van der Waals surface area contributed by atoms with Crippen LogP contribution in [0.25, 0.3) is 11.2 Å². The number of aryl methyl sites for hydroxylation is 1. The van der Waals surface area contributed by atoms with Gasteiger partial charge in [-0.15, -0.1) is 0 Å². The van der Waals surface area contributed by atoms with Crippen molar-refractivity contribution in [1.29, 1.82) is 0 Å². The van der Waals surface area contributed by atoms with E-state index in [2.05, 4.69) is 17.2 Å². The molecule has 2 aromatic heterocycles. The molecular weight excluding hydrogens is 354 g/mol. The van der Waals surface area contributed by atoms with E-state index in [-0.39, 0.29) is 17.3 Å². The van der Waals surface area contributed by atoms with Crippen LogP contribution in [0.1, 0.15) is 12.5 Å². The lowest BCUT2D eigenvalue weighted by Crippen LogP contribution is -2.38. The third-order valence-electron chi connectivity index (χ3n) is 4.52. The van der Waals surface area contributed by atoms with Gasteiger partial charge in [0, 0.05) is 38.2 Å². The Balaban J connectivity index is 1.68. The molecule has 0 amide bonds. The molecule has 1 N–H and O–H groups in total. The van der Waals surface area contributed by atoms with E-state index in [0.29, 0.717) is 24.3 Å². The van der Waals surface area contributed by atoms with Crippen LogP contribution in [0.2, 0.25) is 5.02 Å². The van der Waals surface area contributed by atoms with Gasteiger partial charge in [0.15, 0.2) is 11.2 Å². The summed E-state index contributed by atoms with van der Waals surface area (Å²) < 4.78 is 4.29. The van der Waals surface area contributed by atoms with Crippen LogP contribution in [0.15, 0.2) is 40.2 Å². The van der Waals surface area contributed by atoms with Crippen LogP contribution in [0, 0.1) is 0 Å². The van der Waals surface area contributed by atoms with Crippen molar-refractivity contribution in [2.24, 2.45) is 14.1 Å². The molecular formula is C18H22ClN5O2. The Labute approximate surface area is 155 Å². The molecule has 0 saturated heterocycles. The van der Waals surface area contributed by atoms with Crippen molar-refractivity contribution in [2.75, 3.05) is 6.54 Å². The maximum absolute atomic E-state index is 12.4. The lowest BCUT2D eigenvalue weighted by Gasteiger charge is -2.14. The largest absolute Gasteiger partial charge is 0.332 e. The molecule has 1 atom stereocenters. The highest BCUT2D eigenvalue weighted by atomic mass is 35.5. The topological polar surface area (TPSA) is 73.8 Å². The van der Waals surface area contributed by atoms with E-state index < -0.39 is 0 Å². The van der Waals surface area contributed by atoms with Crippen LogP contribution < -0.4 is 16.6 Å². The second kappa shape index (κ2) is 7.47. The molecule has 0 radical (unpaired) electrons. The van der Waals surface area contributed by atoms with Gasteiger partial charge in [-0.2, -0.15) is 0 Å². The molecule has 1 aromatic carbocycles. The standard InChI is InChI=1S/C18H22ClN5O2/c1-12(10-13-4-6-14(19)7-5-13)20-8-9-24-11-21-16-15(24)17(25)23(3)18(26)22(16)2/h4-7,11-12,20H,8-10H2,1-3H3. The Kier molecular flexibility index (Phi) is 5.29. The van der Waals surface area contributed by atoms with Crippen LogP contribution in [0.3, 0.4) is 0 Å². The summed E-state index contributed by atoms with van der Waals surface area (Å²) in [5, 5.41) is 4.18. The number of nitrogens with one attached hydrogen (secondary N) is 1. The normalized spacial score (nSPS) is 12.6. The molecule has 0 aliphatic carbocycles. The van der Waals surface area contributed by atoms with Gasteiger partial charge in [0.2, 0.25) is 0 Å². The molecule has 7 nitrogen and oxygen atoms in total. The number of hydrogen-bond acceptors (Lipinski definition) is 4. The molecule has 8 heteroatoms. The van der Waals surface area contributed by atoms with Gasteiger partial charge < -0.3 is 9.88 Å². The molecule has 2 heterocycles. The number of imidazole rings is 1. The highest BCUT2D eigenvalue weighted by Gasteiger charge is 2.14. The summed E-state index contributed by atoms with van der Waals surface area (Å²) in [6.45, 7) is 3.39. The molecule has 0 aliphatic heterocycles. The zero-order chi connectivity index (χ0) is 18.8. The molecule has 0 bridgehead atoms. The maximum Gasteiger partial charge on any atom is 0.332 e. The Morgan fingerprint density at radius 2 is 1.85 bits per heavy atom. The summed E-state index contributed by atoms with van der Waals surface area (Å²) in [6.07, 6.45) is 2.50. The molecule has 26 heavy (non-hydrogen) atoms. The minimum atomic E-state index is -0.373. The van der Waals surface area contributed by atoms with E-state index in [4.69, 9.17) is 11.6 Å². The van der Waals surface area contributed by atoms with Gasteiger partial charge >= 0.3 is 5.69 Å². The molecule has 3 aromatic rings. The second-order valence-electron chi connectivity index (χ2n) is 6.50. The van der Waals surface area contributed by atoms with Crippen molar-refractivity contribution in [1.82, 2.24) is 24.0 Å². The second-order valence-corrected chi connectivity index (χ2v) is 6.94. The Morgan fingerprint density at radius 3 is 2.54 bits per heavy atom. The SMILES string of the molecule is CC(Cc1ccc(Cl)cc1)NCCn1cnc2c1c(=O)n(C)c(=O)n2C. The van der Waals surface area contributed by atoms with E-state index in [0.717, 1.165) is 16.0 Å². The average molecular weight is 376 g/mol. The molecule has 0 spiro atoms. The van der Waals surface area contributed by atoms with Gasteiger partial charge in [-0.3, -0.25) is 13.9 Å². The van der Waals surface area contributed by atoms with E-state index in [1.807, 2.05) is 24.3 Å². The maximum atomic E-state index is 12.4. The van der Waals surface area contributed by atoms with Crippen molar-refractivity contribution < 1.29 is 0 Å². The van der Waals surface area contributed by atoms with E-state index in [9.17, 15) is 9.59 Å². The molecule has 0 aliphatic rings. The first kappa shape index (κ1) is 18.4. The monoisotopic (exact) mass is 375 g/mol. The van der Waals surface area contributed by atoms with E-state index in [1.54, 1.807) is 17.9 Å². The van der Waals surface area contributed by atoms with Crippen LogP contribution in [-0.4, -0.2) is 31.3 Å². The Morgan fingerprint density at radius 1 is 1.15 bits per heavy atom. The summed E-state index contributed by atoms with van der Waals surface area (Å²) in [6, 6.07) is 8.10. The number of aromatic nitrogens is 4. The van der Waals surface area contributed by atoms with Crippen LogP contribution >= 0.6 is 11.6 Å². The molecule has 138 valence electrons. The van der Waals surface area contributed by atoms with Gasteiger partial charge in [-0.05, 0) is 31.0 Å². The first-order chi connectivity index (χ1) is 12.4. The first-order valence-corrected chi connectivity index (χ1v) is 8.85. The van der Waals surface area contributed by atoms with Gasteiger partial charge in [0.1, 0.15) is 0 Å². The number of fused-ring (bicyclic) bond motifs is 1. The lowest BCUT2D eigenvalue weighted by molar-refractivity contribution is 0.515. The quantitative estimate of drug-likeness (QED) is 0.705. The molecule has 0 fully saturated rings. The van der Waals surface area contributed by atoms with Crippen LogP contribution in [0.4, 0.5) is 0 Å². The van der Waals surface area contributed by atoms with Gasteiger partial charge in [-0.25, -0.2) is 9.78 Å². The Bertz CT molecular complexity index is 1030. The smallest absolute Gasteiger partial charge is 0.323 e. The Hall–Kier alpha value is -2.38. The average Bonchev–Trinajstić information content (AvgIpc) is 3.04. The van der Waals surface area contributed by atoms with Crippen molar-refractivity contribution in [2.45, 2.75) is 25.9 Å². The van der Waals surface area contributed by atoms with E-state index >= 15 is 0 Å². The fraction of sp³-hybridized carbons (Fsp3) is 0.389. The lowest BCUT2D eigenvalue weighted by atomic mass is 10.1. The number of rotatable bonds is 6. The zero-order valence-electron chi connectivity index (χ0n) is 15.1. The van der Waals surface area contributed by atoms with Crippen molar-refractivity contribution in [3.63, 3.8) is 0 Å². The number of hydrogen-bond donors (Lipinski definition) is 1. The number of benzene rings is 1. The minimum absolute atomic E-state index is 0.276. The van der Waals surface area contributed by atoms with Crippen molar-refractivity contribution >= 4 is 22.8 Å². The first-order valence-electron chi connectivity index (χ1n) is 8.47. The van der Waals surface area contributed by atoms with Crippen molar-refractivity contribution in [3.05, 3.63) is 62.0 Å². The molecule has 0 saturated carbocycles. The highest BCUT2D eigenvalue weighted by Crippen LogP contribution is 2.11. The minimum Gasteiger partial charge on any atom is -0.323 e. The molecule has 1 unspecified atom stereocenters. The number of nitrogens with zero attached hydrogens (tertiary/aromatic N) is 4. The summed E-state index contributed by atoms with van der Waals surface area (Å²) >= 11 is 5.91. The highest BCUT2D eigenvalue weighted by molar-refractivity contribution is 6.30. The number of halogens is 1. The molecule has 3 rings (SSSR count). The predicted octanol–water partition coefficient (Wildman–Crippen LogP) is 1.31. The van der Waals surface area contributed by atoms with Gasteiger partial charge in [-0.1, -0.05) is 23.7 Å². The predicted molar refractivity (Wildman–Crippen MR) is 103 cm³/mol. The van der Waals surface area contributed by atoms with Gasteiger partial charge in [0.05, 0.1) is 6.33 Å². The third-order valence-corrected chi connectivity index (χ3v) is 4.77. The fourth-order valence-corrected chi connectivity index (χ4v) is 3.17. The third kappa shape index (κ3) is 3.59. The summed E-state index contributed by atoms with van der Waals surface area (Å²) in [5.41, 5.74) is 1.37. The van der Waals surface area contributed by atoms with Crippen LogP contribution in [0.5, 0.6) is 0 Å². The summed E-state index contributed by atoms with van der Waals surface area (Å²) in [5.74, 6) is 0. The summed E-state index contributed by atoms with van der Waals surface area (Å²) in [7, 11) is 3.10.